The topological polar surface area (TPSA) is 132 Å². The van der Waals surface area contributed by atoms with Crippen LogP contribution in [0.4, 0.5) is 14.9 Å². The minimum Gasteiger partial charge on any atom is -0.475 e. The van der Waals surface area contributed by atoms with Crippen molar-refractivity contribution in [1.82, 2.24) is 9.78 Å². The second-order valence-corrected chi connectivity index (χ2v) is 9.21. The number of carbonyl (C=O) groups is 1. The van der Waals surface area contributed by atoms with Gasteiger partial charge in [-0.2, -0.15) is 5.10 Å². The summed E-state index contributed by atoms with van der Waals surface area (Å²) in [6.07, 6.45) is 4.72. The van der Waals surface area contributed by atoms with Crippen molar-refractivity contribution in [1.29, 1.82) is 0 Å². The highest BCUT2D eigenvalue weighted by atomic mass is 32.2. The number of hydrogen-bond acceptors (Lipinski definition) is 5. The van der Waals surface area contributed by atoms with Crippen LogP contribution in [0.15, 0.2) is 15.5 Å². The smallest absolute Gasteiger partial charge is 0.354 e. The lowest BCUT2D eigenvalue weighted by Gasteiger charge is -2.26. The van der Waals surface area contributed by atoms with E-state index in [-0.39, 0.29) is 29.8 Å². The number of aliphatic hydroxyl groups excluding tert-OH is 1. The minimum atomic E-state index is -3.62. The average Bonchev–Trinajstić information content (AvgIpc) is 3.34. The molecule has 0 saturated heterocycles. The Kier molecular flexibility index (Phi) is 4.16. The fourth-order valence-corrected chi connectivity index (χ4v) is 5.27. The second-order valence-electron chi connectivity index (χ2n) is 7.45. The lowest BCUT2D eigenvalue weighted by atomic mass is 9.83. The molecule has 3 aliphatic rings. The second kappa shape index (κ2) is 6.51. The summed E-state index contributed by atoms with van der Waals surface area (Å²) in [6, 6.07) is -1.26. The summed E-state index contributed by atoms with van der Waals surface area (Å²) < 4.78 is 38.0. The fraction of sp³-hybridized carbons (Fsp3) is 0.444. The third kappa shape index (κ3) is 2.75. The third-order valence-corrected chi connectivity index (χ3v) is 7.14. The summed E-state index contributed by atoms with van der Waals surface area (Å²) in [7, 11) is -3.62. The van der Waals surface area contributed by atoms with Crippen molar-refractivity contribution < 1.29 is 23.2 Å². The number of hydrogen-bond donors (Lipinski definition) is 3. The molecule has 2 aliphatic carbocycles. The van der Waals surface area contributed by atoms with Crippen molar-refractivity contribution >= 4 is 21.6 Å². The molecule has 2 heterocycles. The van der Waals surface area contributed by atoms with E-state index in [2.05, 4.69) is 14.8 Å². The van der Waals surface area contributed by atoms with Gasteiger partial charge in [-0.25, -0.2) is 23.2 Å². The number of carbonyl (C=O) groups excluding carboxylic acids is 1. The molecular weight excluding hydrogens is 401 g/mol. The number of benzene rings is 1. The predicted molar refractivity (Wildman–Crippen MR) is 102 cm³/mol. The van der Waals surface area contributed by atoms with Gasteiger partial charge in [0.2, 0.25) is 5.88 Å². The van der Waals surface area contributed by atoms with E-state index < -0.39 is 22.0 Å². The van der Waals surface area contributed by atoms with Gasteiger partial charge in [-0.15, -0.1) is 4.36 Å². The van der Waals surface area contributed by atoms with Gasteiger partial charge in [-0.1, -0.05) is 0 Å². The van der Waals surface area contributed by atoms with E-state index in [4.69, 9.17) is 9.88 Å². The van der Waals surface area contributed by atoms with Crippen LogP contribution in [0.25, 0.3) is 0 Å². The summed E-state index contributed by atoms with van der Waals surface area (Å²) in [5, 5.41) is 21.9. The molecule has 5 rings (SSSR count). The lowest BCUT2D eigenvalue weighted by molar-refractivity contribution is 0.206. The standard InChI is InChI=1S/C18H20FN5O4S/c19-15-10-2-1-3-12(10)16(13-5-4-11(13)15)22-18(26)23-29(20,27)14-6-21-24-9(7-25)8-28-17(14)24/h6,9,25H,1-5,7-8H2,(H3,20,22,23,26,27)/t9-,29?/m1/s1. The Morgan fingerprint density at radius 3 is 2.76 bits per heavy atom. The molecule has 2 aromatic rings. The predicted octanol–water partition coefficient (Wildman–Crippen LogP) is 1.47. The third-order valence-electron chi connectivity index (χ3n) is 5.79. The first-order chi connectivity index (χ1) is 13.9. The van der Waals surface area contributed by atoms with Gasteiger partial charge in [-0.3, -0.25) is 0 Å². The van der Waals surface area contributed by atoms with Crippen LogP contribution < -0.4 is 15.2 Å². The van der Waals surface area contributed by atoms with Crippen LogP contribution in [0.1, 0.15) is 34.7 Å². The first-order valence-electron chi connectivity index (χ1n) is 9.42. The van der Waals surface area contributed by atoms with Crippen molar-refractivity contribution in [3.05, 3.63) is 34.3 Å². The molecular formula is C18H20FN5O4S. The molecule has 0 bridgehead atoms. The average molecular weight is 421 g/mol. The highest BCUT2D eigenvalue weighted by Gasteiger charge is 2.33. The molecule has 11 heteroatoms. The SMILES string of the molecule is NS(=O)(=NC(=O)Nc1c2c(c(F)c3c1CC3)CCC2)c1cnn2c1OC[C@H]2CO. The molecule has 154 valence electrons. The van der Waals surface area contributed by atoms with Gasteiger partial charge in [0.1, 0.15) is 23.4 Å². The number of nitrogens with two attached hydrogens (primary N) is 1. The first-order valence-corrected chi connectivity index (χ1v) is 11.0. The van der Waals surface area contributed by atoms with Crippen LogP contribution in [0, 0.1) is 5.82 Å². The number of urea groups is 1. The maximum absolute atomic E-state index is 14.5. The first kappa shape index (κ1) is 18.5. The minimum absolute atomic E-state index is 0.000872. The molecule has 4 N–H and O–H groups in total. The van der Waals surface area contributed by atoms with E-state index in [1.165, 1.54) is 10.9 Å². The Morgan fingerprint density at radius 1 is 1.34 bits per heavy atom. The molecule has 1 aromatic heterocycles. The molecule has 2 atom stereocenters. The number of aliphatic hydroxyl groups is 1. The van der Waals surface area contributed by atoms with Gasteiger partial charge >= 0.3 is 6.03 Å². The zero-order chi connectivity index (χ0) is 20.3. The van der Waals surface area contributed by atoms with Crippen LogP contribution in [-0.4, -0.2) is 38.3 Å². The highest BCUT2D eigenvalue weighted by molar-refractivity contribution is 7.91. The molecule has 0 radical (unpaired) electrons. The maximum Gasteiger partial charge on any atom is 0.354 e. The number of aromatic nitrogens is 2. The molecule has 0 saturated carbocycles. The van der Waals surface area contributed by atoms with Crippen molar-refractivity contribution in [2.45, 2.75) is 43.0 Å². The number of nitrogens with one attached hydrogen (secondary N) is 1. The van der Waals surface area contributed by atoms with E-state index >= 15 is 0 Å². The van der Waals surface area contributed by atoms with Gasteiger partial charge in [0.05, 0.1) is 12.8 Å². The van der Waals surface area contributed by atoms with Crippen LogP contribution in [0.3, 0.4) is 0 Å². The summed E-state index contributed by atoms with van der Waals surface area (Å²) in [5.74, 6) is -0.0118. The normalized spacial score (nSPS) is 20.7. The molecule has 2 amide bonds. The van der Waals surface area contributed by atoms with Crippen LogP contribution in [-0.2, 0) is 35.6 Å². The number of rotatable bonds is 3. The van der Waals surface area contributed by atoms with Gasteiger partial charge in [0.25, 0.3) is 0 Å². The van der Waals surface area contributed by atoms with Crippen molar-refractivity contribution in [2.75, 3.05) is 18.5 Å². The Labute approximate surface area is 166 Å². The summed E-state index contributed by atoms with van der Waals surface area (Å²) in [6.45, 7) is -0.0272. The molecule has 1 unspecified atom stereocenters. The fourth-order valence-electron chi connectivity index (χ4n) is 4.28. The lowest BCUT2D eigenvalue weighted by Crippen LogP contribution is -2.22. The number of halogens is 1. The Hall–Kier alpha value is -2.50. The van der Waals surface area contributed by atoms with Crippen molar-refractivity contribution in [3.63, 3.8) is 0 Å². The van der Waals surface area contributed by atoms with Crippen molar-refractivity contribution in [3.8, 4) is 5.88 Å². The number of ether oxygens (including phenoxy) is 1. The number of fused-ring (bicyclic) bond motifs is 3. The highest BCUT2D eigenvalue weighted by Crippen LogP contribution is 2.42. The van der Waals surface area contributed by atoms with Gasteiger partial charge < -0.3 is 15.2 Å². The molecule has 0 fully saturated rings. The monoisotopic (exact) mass is 421 g/mol. The Morgan fingerprint density at radius 2 is 2.03 bits per heavy atom. The number of amides is 2. The summed E-state index contributed by atoms with van der Waals surface area (Å²) in [5.41, 5.74) is 3.47. The van der Waals surface area contributed by atoms with E-state index in [1.54, 1.807) is 0 Å². The zero-order valence-corrected chi connectivity index (χ0v) is 16.3. The van der Waals surface area contributed by atoms with Crippen LogP contribution in [0.2, 0.25) is 0 Å². The van der Waals surface area contributed by atoms with Crippen LogP contribution in [0.5, 0.6) is 5.88 Å². The van der Waals surface area contributed by atoms with E-state index in [0.29, 0.717) is 42.5 Å². The quantitative estimate of drug-likeness (QED) is 0.690. The van der Waals surface area contributed by atoms with Crippen LogP contribution >= 0.6 is 0 Å². The van der Waals surface area contributed by atoms with Crippen molar-refractivity contribution in [2.24, 2.45) is 9.50 Å². The Balaban J connectivity index is 1.48. The molecule has 29 heavy (non-hydrogen) atoms. The number of nitrogens with zero attached hydrogens (tertiary/aromatic N) is 3. The van der Waals surface area contributed by atoms with E-state index in [9.17, 15) is 18.5 Å². The summed E-state index contributed by atoms with van der Waals surface area (Å²) in [4.78, 5) is 12.6. The van der Waals surface area contributed by atoms with Gasteiger partial charge in [0, 0.05) is 5.69 Å². The molecule has 1 aliphatic heterocycles. The molecule has 9 nitrogen and oxygen atoms in total. The maximum atomic E-state index is 14.5. The summed E-state index contributed by atoms with van der Waals surface area (Å²) >= 11 is 0. The van der Waals surface area contributed by atoms with Gasteiger partial charge in [0.15, 0.2) is 9.92 Å². The molecule has 0 spiro atoms. The zero-order valence-electron chi connectivity index (χ0n) is 15.5. The largest absolute Gasteiger partial charge is 0.475 e. The number of anilines is 1. The van der Waals surface area contributed by atoms with E-state index in [1.807, 2.05) is 0 Å². The molecule has 1 aromatic carbocycles. The Bertz CT molecular complexity index is 1170. The van der Waals surface area contributed by atoms with Gasteiger partial charge in [-0.05, 0) is 54.4 Å². The van der Waals surface area contributed by atoms with E-state index in [0.717, 1.165) is 17.5 Å².